The lowest BCUT2D eigenvalue weighted by Gasteiger charge is -2.39. The third-order valence-electron chi connectivity index (χ3n) is 6.43. The van der Waals surface area contributed by atoms with Crippen molar-refractivity contribution < 1.29 is 4.79 Å². The van der Waals surface area contributed by atoms with Crippen molar-refractivity contribution in [2.24, 2.45) is 21.7 Å². The molecule has 1 aliphatic carbocycles. The lowest BCUT2D eigenvalue weighted by molar-refractivity contribution is -0.117. The third-order valence-corrected chi connectivity index (χ3v) is 7.94. The summed E-state index contributed by atoms with van der Waals surface area (Å²) in [6.07, 6.45) is 2.52. The molecule has 3 rings (SSSR count). The van der Waals surface area contributed by atoms with E-state index < -0.39 is 0 Å². The zero-order valence-corrected chi connectivity index (χ0v) is 14.3. The molecule has 0 aromatic rings. The number of carbonyl (C=O) groups excluding carboxylic acids is 1. The van der Waals surface area contributed by atoms with E-state index >= 15 is 0 Å². The number of thioether (sulfide) groups is 1. The van der Waals surface area contributed by atoms with E-state index in [4.69, 9.17) is 0 Å². The van der Waals surface area contributed by atoms with Crippen LogP contribution in [0.3, 0.4) is 0 Å². The van der Waals surface area contributed by atoms with E-state index in [0.717, 1.165) is 5.17 Å². The molecular formula is C16H26N2OS. The molecule has 4 atom stereocenters. The molecule has 0 aromatic heterocycles. The van der Waals surface area contributed by atoms with Gasteiger partial charge in [0.1, 0.15) is 0 Å². The van der Waals surface area contributed by atoms with Crippen LogP contribution in [-0.2, 0) is 4.79 Å². The van der Waals surface area contributed by atoms with E-state index in [2.05, 4.69) is 51.4 Å². The molecule has 0 aromatic carbocycles. The standard InChI is InChI=1S/C16H26N2OS/c1-9(2)12-13(19)17-14(20-12)18-10(3)16(6)8-7-11(18)15(16,4)5/h9-12H,7-8H2,1-6H3/t10-,11+,12?,16+/m1/s1. The highest BCUT2D eigenvalue weighted by molar-refractivity contribution is 8.15. The van der Waals surface area contributed by atoms with Gasteiger partial charge in [0, 0.05) is 12.1 Å². The molecule has 3 aliphatic rings. The number of amides is 1. The summed E-state index contributed by atoms with van der Waals surface area (Å²) < 4.78 is 0. The van der Waals surface area contributed by atoms with Gasteiger partial charge in [-0.3, -0.25) is 4.79 Å². The van der Waals surface area contributed by atoms with Crippen molar-refractivity contribution >= 4 is 22.8 Å². The quantitative estimate of drug-likeness (QED) is 0.741. The van der Waals surface area contributed by atoms with Gasteiger partial charge < -0.3 is 4.90 Å². The maximum Gasteiger partial charge on any atom is 0.261 e. The predicted octanol–water partition coefficient (Wildman–Crippen LogP) is 3.54. The molecule has 0 radical (unpaired) electrons. The number of hydrogen-bond donors (Lipinski definition) is 0. The number of aliphatic imine (C=N–C) groups is 1. The number of likely N-dealkylation sites (tertiary alicyclic amines) is 1. The maximum absolute atomic E-state index is 12.1. The smallest absolute Gasteiger partial charge is 0.261 e. The molecule has 0 spiro atoms. The molecule has 1 saturated heterocycles. The van der Waals surface area contributed by atoms with Crippen molar-refractivity contribution in [2.45, 2.75) is 71.7 Å². The van der Waals surface area contributed by atoms with E-state index in [1.807, 2.05) is 0 Å². The summed E-state index contributed by atoms with van der Waals surface area (Å²) in [5.41, 5.74) is 0.633. The maximum atomic E-state index is 12.1. The summed E-state index contributed by atoms with van der Waals surface area (Å²) >= 11 is 1.69. The summed E-state index contributed by atoms with van der Waals surface area (Å²) in [5.74, 6) is 0.422. The number of nitrogens with zero attached hydrogens (tertiary/aromatic N) is 2. The number of hydrogen-bond acceptors (Lipinski definition) is 3. The Morgan fingerprint density at radius 2 is 2.00 bits per heavy atom. The molecule has 1 saturated carbocycles. The van der Waals surface area contributed by atoms with Crippen LogP contribution in [0.5, 0.6) is 0 Å². The van der Waals surface area contributed by atoms with E-state index in [0.29, 0.717) is 28.8 Å². The van der Waals surface area contributed by atoms with Gasteiger partial charge in [-0.1, -0.05) is 46.4 Å². The van der Waals surface area contributed by atoms with Crippen LogP contribution in [0.4, 0.5) is 0 Å². The molecule has 4 heteroatoms. The normalized spacial score (nSPS) is 42.8. The predicted molar refractivity (Wildman–Crippen MR) is 84.9 cm³/mol. The SMILES string of the molecule is CC(C)C1SC(N2[C@H]3CC[C@@](C)([C@H]2C)C3(C)C)=NC1=O. The molecule has 2 aliphatic heterocycles. The van der Waals surface area contributed by atoms with Crippen LogP contribution < -0.4 is 0 Å². The topological polar surface area (TPSA) is 32.7 Å². The fourth-order valence-electron chi connectivity index (χ4n) is 4.50. The number of fused-ring (bicyclic) bond motifs is 2. The first-order chi connectivity index (χ1) is 9.20. The largest absolute Gasteiger partial charge is 0.344 e. The monoisotopic (exact) mass is 294 g/mol. The lowest BCUT2D eigenvalue weighted by Crippen LogP contribution is -2.44. The van der Waals surface area contributed by atoms with Crippen molar-refractivity contribution in [3.8, 4) is 0 Å². The van der Waals surface area contributed by atoms with Gasteiger partial charge >= 0.3 is 0 Å². The summed E-state index contributed by atoms with van der Waals surface area (Å²) in [6, 6.07) is 1.01. The first-order valence-corrected chi connectivity index (χ1v) is 8.65. The first-order valence-electron chi connectivity index (χ1n) is 7.77. The first kappa shape index (κ1) is 14.4. The molecule has 1 unspecified atom stereocenters. The highest BCUT2D eigenvalue weighted by Gasteiger charge is 2.65. The molecule has 2 bridgehead atoms. The minimum absolute atomic E-state index is 0.0206. The Hall–Kier alpha value is -0.510. The van der Waals surface area contributed by atoms with Crippen LogP contribution in [0.15, 0.2) is 4.99 Å². The zero-order valence-electron chi connectivity index (χ0n) is 13.4. The number of amidine groups is 1. The van der Waals surface area contributed by atoms with Crippen molar-refractivity contribution in [3.63, 3.8) is 0 Å². The van der Waals surface area contributed by atoms with Crippen LogP contribution in [0.1, 0.15) is 54.4 Å². The summed E-state index contributed by atoms with van der Waals surface area (Å²) in [5, 5.41) is 1.01. The molecule has 3 nitrogen and oxygen atoms in total. The van der Waals surface area contributed by atoms with Gasteiger partial charge in [-0.05, 0) is 36.5 Å². The van der Waals surface area contributed by atoms with Gasteiger partial charge in [-0.25, -0.2) is 0 Å². The van der Waals surface area contributed by atoms with E-state index in [1.165, 1.54) is 12.8 Å². The van der Waals surface area contributed by atoms with Crippen LogP contribution in [0.2, 0.25) is 0 Å². The second-order valence-corrected chi connectivity index (χ2v) is 8.90. The van der Waals surface area contributed by atoms with Crippen LogP contribution in [-0.4, -0.2) is 33.3 Å². The molecule has 1 amide bonds. The minimum Gasteiger partial charge on any atom is -0.344 e. The molecular weight excluding hydrogens is 268 g/mol. The Morgan fingerprint density at radius 3 is 2.45 bits per heavy atom. The van der Waals surface area contributed by atoms with Gasteiger partial charge in [0.05, 0.1) is 5.25 Å². The molecule has 20 heavy (non-hydrogen) atoms. The Labute approximate surface area is 126 Å². The fraction of sp³-hybridized carbons (Fsp3) is 0.875. The van der Waals surface area contributed by atoms with E-state index in [-0.39, 0.29) is 11.2 Å². The van der Waals surface area contributed by atoms with Gasteiger partial charge in [0.15, 0.2) is 5.17 Å². The third kappa shape index (κ3) is 1.60. The van der Waals surface area contributed by atoms with Crippen LogP contribution in [0.25, 0.3) is 0 Å². The Balaban J connectivity index is 1.91. The van der Waals surface area contributed by atoms with Gasteiger partial charge in [0.25, 0.3) is 5.91 Å². The number of rotatable bonds is 1. The highest BCUT2D eigenvalue weighted by atomic mass is 32.2. The van der Waals surface area contributed by atoms with Crippen molar-refractivity contribution in [1.29, 1.82) is 0 Å². The van der Waals surface area contributed by atoms with Crippen LogP contribution in [0, 0.1) is 16.7 Å². The Morgan fingerprint density at radius 1 is 1.35 bits per heavy atom. The average Bonchev–Trinajstić information content (AvgIpc) is 2.87. The van der Waals surface area contributed by atoms with Gasteiger partial charge in [0.2, 0.25) is 0 Å². The fourth-order valence-corrected chi connectivity index (χ4v) is 5.70. The molecule has 0 N–H and O–H groups in total. The highest BCUT2D eigenvalue weighted by Crippen LogP contribution is 2.63. The Bertz CT molecular complexity index is 485. The van der Waals surface area contributed by atoms with Gasteiger partial charge in [-0.2, -0.15) is 4.99 Å². The second-order valence-electron chi connectivity index (χ2n) is 7.79. The van der Waals surface area contributed by atoms with Crippen molar-refractivity contribution in [1.82, 2.24) is 4.90 Å². The zero-order chi connectivity index (χ0) is 14.9. The van der Waals surface area contributed by atoms with E-state index in [9.17, 15) is 4.79 Å². The second kappa shape index (κ2) is 4.25. The summed E-state index contributed by atoms with van der Waals surface area (Å²) in [4.78, 5) is 19.0. The molecule has 112 valence electrons. The Kier molecular flexibility index (Phi) is 3.06. The summed E-state index contributed by atoms with van der Waals surface area (Å²) in [7, 11) is 0. The molecule has 2 fully saturated rings. The summed E-state index contributed by atoms with van der Waals surface area (Å²) in [6.45, 7) is 13.7. The van der Waals surface area contributed by atoms with E-state index in [1.54, 1.807) is 11.8 Å². The average molecular weight is 294 g/mol. The number of piperidine rings is 1. The minimum atomic E-state index is 0.0206. The van der Waals surface area contributed by atoms with Crippen molar-refractivity contribution in [3.05, 3.63) is 0 Å². The van der Waals surface area contributed by atoms with Crippen molar-refractivity contribution in [2.75, 3.05) is 0 Å². The van der Waals surface area contributed by atoms with Crippen LogP contribution >= 0.6 is 11.8 Å². The molecule has 2 heterocycles. The number of carbonyl (C=O) groups is 1. The van der Waals surface area contributed by atoms with Gasteiger partial charge in [-0.15, -0.1) is 0 Å². The lowest BCUT2D eigenvalue weighted by atomic mass is 9.68.